The fourth-order valence-corrected chi connectivity index (χ4v) is 3.67. The number of hydrogen-bond donors (Lipinski definition) is 2. The highest BCUT2D eigenvalue weighted by Crippen LogP contribution is 2.28. The van der Waals surface area contributed by atoms with Crippen molar-refractivity contribution in [2.24, 2.45) is 5.92 Å². The van der Waals surface area contributed by atoms with Crippen molar-refractivity contribution in [3.05, 3.63) is 71.3 Å². The molecule has 0 saturated heterocycles. The van der Waals surface area contributed by atoms with Crippen LogP contribution in [-0.4, -0.2) is 23.0 Å². The molecule has 1 aliphatic rings. The van der Waals surface area contributed by atoms with Crippen LogP contribution in [0.4, 0.5) is 0 Å². The summed E-state index contributed by atoms with van der Waals surface area (Å²) in [6.45, 7) is 0. The van der Waals surface area contributed by atoms with Crippen LogP contribution in [0.3, 0.4) is 0 Å². The number of nitrogens with one attached hydrogen (secondary N) is 1. The third-order valence-electron chi connectivity index (χ3n) is 4.87. The zero-order chi connectivity index (χ0) is 17.6. The zero-order valence-corrected chi connectivity index (χ0v) is 14.2. The fourth-order valence-electron chi connectivity index (χ4n) is 3.67. The molecule has 0 aromatic heterocycles. The van der Waals surface area contributed by atoms with Gasteiger partial charge in [0.1, 0.15) is 0 Å². The molecule has 2 aromatic carbocycles. The second-order valence-electron chi connectivity index (χ2n) is 6.77. The van der Waals surface area contributed by atoms with Gasteiger partial charge in [0, 0.05) is 6.04 Å². The summed E-state index contributed by atoms with van der Waals surface area (Å²) < 4.78 is 0. The van der Waals surface area contributed by atoms with E-state index in [4.69, 9.17) is 0 Å². The molecule has 0 heterocycles. The van der Waals surface area contributed by atoms with Crippen LogP contribution in [0.5, 0.6) is 0 Å². The van der Waals surface area contributed by atoms with Crippen molar-refractivity contribution in [2.45, 2.75) is 38.1 Å². The molecule has 2 unspecified atom stereocenters. The molecule has 0 radical (unpaired) electrons. The predicted octanol–water partition coefficient (Wildman–Crippen LogP) is 3.45. The summed E-state index contributed by atoms with van der Waals surface area (Å²) in [6.07, 6.45) is 4.26. The van der Waals surface area contributed by atoms with E-state index >= 15 is 0 Å². The number of aromatic carboxylic acids is 1. The van der Waals surface area contributed by atoms with Crippen LogP contribution in [0.2, 0.25) is 0 Å². The first-order valence-electron chi connectivity index (χ1n) is 8.76. The van der Waals surface area contributed by atoms with E-state index in [9.17, 15) is 14.7 Å². The van der Waals surface area contributed by atoms with Crippen LogP contribution in [0.25, 0.3) is 0 Å². The van der Waals surface area contributed by atoms with Gasteiger partial charge in [-0.05, 0) is 48.8 Å². The molecule has 4 nitrogen and oxygen atoms in total. The van der Waals surface area contributed by atoms with Gasteiger partial charge < -0.3 is 10.4 Å². The van der Waals surface area contributed by atoms with Crippen molar-refractivity contribution in [3.8, 4) is 0 Å². The van der Waals surface area contributed by atoms with Crippen LogP contribution in [0.15, 0.2) is 54.6 Å². The molecule has 1 amide bonds. The molecule has 3 rings (SSSR count). The number of benzene rings is 2. The van der Waals surface area contributed by atoms with Gasteiger partial charge in [-0.3, -0.25) is 4.79 Å². The minimum Gasteiger partial charge on any atom is -0.478 e. The van der Waals surface area contributed by atoms with E-state index < -0.39 is 5.97 Å². The maximum absolute atomic E-state index is 12.3. The largest absolute Gasteiger partial charge is 0.478 e. The molecular formula is C21H23NO3. The van der Waals surface area contributed by atoms with Crippen molar-refractivity contribution in [1.29, 1.82) is 0 Å². The van der Waals surface area contributed by atoms with Gasteiger partial charge in [-0.15, -0.1) is 0 Å². The molecule has 1 saturated carbocycles. The summed E-state index contributed by atoms with van der Waals surface area (Å²) in [5, 5.41) is 12.3. The Balaban J connectivity index is 1.52. The number of carbonyl (C=O) groups excluding carboxylic acids is 1. The highest BCUT2D eigenvalue weighted by Gasteiger charge is 2.26. The summed E-state index contributed by atoms with van der Waals surface area (Å²) >= 11 is 0. The molecule has 1 aliphatic carbocycles. The Bertz CT molecular complexity index is 742. The van der Waals surface area contributed by atoms with Crippen molar-refractivity contribution >= 4 is 11.9 Å². The number of rotatable bonds is 6. The number of carboxylic acid groups (broad SMARTS) is 1. The third-order valence-corrected chi connectivity index (χ3v) is 4.87. The molecule has 130 valence electrons. The minimum atomic E-state index is -0.993. The average Bonchev–Trinajstić information content (AvgIpc) is 3.02. The summed E-state index contributed by atoms with van der Waals surface area (Å²) in [6, 6.07) is 17.3. The van der Waals surface area contributed by atoms with E-state index in [0.29, 0.717) is 11.5 Å². The summed E-state index contributed by atoms with van der Waals surface area (Å²) in [7, 11) is 0. The summed E-state index contributed by atoms with van der Waals surface area (Å²) in [5.74, 6) is -0.495. The van der Waals surface area contributed by atoms with Crippen molar-refractivity contribution in [3.63, 3.8) is 0 Å². The summed E-state index contributed by atoms with van der Waals surface area (Å²) in [5.41, 5.74) is 2.10. The van der Waals surface area contributed by atoms with Crippen LogP contribution < -0.4 is 5.32 Å². The van der Waals surface area contributed by atoms with Gasteiger partial charge in [0.25, 0.3) is 0 Å². The Kier molecular flexibility index (Phi) is 5.49. The lowest BCUT2D eigenvalue weighted by Gasteiger charge is -2.14. The first-order valence-corrected chi connectivity index (χ1v) is 8.76. The predicted molar refractivity (Wildman–Crippen MR) is 96.5 cm³/mol. The lowest BCUT2D eigenvalue weighted by Crippen LogP contribution is -2.34. The highest BCUT2D eigenvalue weighted by atomic mass is 16.4. The Labute approximate surface area is 147 Å². The smallest absolute Gasteiger partial charge is 0.335 e. The second kappa shape index (κ2) is 7.97. The number of hydrogen-bond acceptors (Lipinski definition) is 2. The van der Waals surface area contributed by atoms with Gasteiger partial charge in [-0.25, -0.2) is 4.79 Å². The Morgan fingerprint density at radius 3 is 2.48 bits per heavy atom. The monoisotopic (exact) mass is 337 g/mol. The first kappa shape index (κ1) is 17.2. The van der Waals surface area contributed by atoms with Gasteiger partial charge in [-0.1, -0.05) is 48.5 Å². The Hall–Kier alpha value is -2.62. The maximum Gasteiger partial charge on any atom is 0.335 e. The van der Waals surface area contributed by atoms with Gasteiger partial charge in [0.2, 0.25) is 5.91 Å². The normalized spacial score (nSPS) is 19.5. The molecule has 1 fully saturated rings. The molecule has 0 spiro atoms. The Morgan fingerprint density at radius 1 is 1.00 bits per heavy atom. The number of carboxylic acids is 1. The molecular weight excluding hydrogens is 314 g/mol. The SMILES string of the molecule is O=C(Cc1ccccc1C(=O)O)NC1CCC(Cc2ccccc2)C1. The highest BCUT2D eigenvalue weighted by molar-refractivity contribution is 5.91. The fraction of sp³-hybridized carbons (Fsp3) is 0.333. The van der Waals surface area contributed by atoms with Crippen molar-refractivity contribution in [1.82, 2.24) is 5.32 Å². The van der Waals surface area contributed by atoms with E-state index in [-0.39, 0.29) is 23.9 Å². The third kappa shape index (κ3) is 4.69. The van der Waals surface area contributed by atoms with Gasteiger partial charge in [-0.2, -0.15) is 0 Å². The van der Waals surface area contributed by atoms with Gasteiger partial charge in [0.15, 0.2) is 0 Å². The van der Waals surface area contributed by atoms with Crippen molar-refractivity contribution in [2.75, 3.05) is 0 Å². The van der Waals surface area contributed by atoms with Crippen molar-refractivity contribution < 1.29 is 14.7 Å². The van der Waals surface area contributed by atoms with Crippen LogP contribution in [0.1, 0.15) is 40.7 Å². The van der Waals surface area contributed by atoms with E-state index in [1.807, 2.05) is 6.07 Å². The quantitative estimate of drug-likeness (QED) is 0.848. The lowest BCUT2D eigenvalue weighted by molar-refractivity contribution is -0.121. The standard InChI is InChI=1S/C21H23NO3/c23-20(14-17-8-4-5-9-19(17)21(24)25)22-18-11-10-16(13-18)12-15-6-2-1-3-7-15/h1-9,16,18H,10-14H2,(H,22,23)(H,24,25). The molecule has 2 aromatic rings. The second-order valence-corrected chi connectivity index (χ2v) is 6.77. The maximum atomic E-state index is 12.3. The minimum absolute atomic E-state index is 0.0981. The van der Waals surface area contributed by atoms with E-state index in [2.05, 4.69) is 29.6 Å². The number of amides is 1. The van der Waals surface area contributed by atoms with E-state index in [0.717, 1.165) is 25.7 Å². The topological polar surface area (TPSA) is 66.4 Å². The lowest BCUT2D eigenvalue weighted by atomic mass is 9.98. The van der Waals surface area contributed by atoms with E-state index in [1.165, 1.54) is 11.6 Å². The summed E-state index contributed by atoms with van der Waals surface area (Å²) in [4.78, 5) is 23.5. The molecule has 4 heteroatoms. The first-order chi connectivity index (χ1) is 12.1. The molecule has 0 bridgehead atoms. The van der Waals surface area contributed by atoms with Gasteiger partial charge in [0.05, 0.1) is 12.0 Å². The zero-order valence-electron chi connectivity index (χ0n) is 14.2. The molecule has 0 aliphatic heterocycles. The van der Waals surface area contributed by atoms with Gasteiger partial charge >= 0.3 is 5.97 Å². The average molecular weight is 337 g/mol. The molecule has 2 N–H and O–H groups in total. The number of carbonyl (C=O) groups is 2. The van der Waals surface area contributed by atoms with Crippen LogP contribution in [0, 0.1) is 5.92 Å². The van der Waals surface area contributed by atoms with Crippen LogP contribution in [-0.2, 0) is 17.6 Å². The Morgan fingerprint density at radius 2 is 1.72 bits per heavy atom. The van der Waals surface area contributed by atoms with Crippen LogP contribution >= 0.6 is 0 Å². The molecule has 2 atom stereocenters. The van der Waals surface area contributed by atoms with E-state index in [1.54, 1.807) is 18.2 Å². The molecule has 25 heavy (non-hydrogen) atoms.